The van der Waals surface area contributed by atoms with Gasteiger partial charge in [0.15, 0.2) is 35.6 Å². The molecular formula is C18H24CrO18. The standard InChI is InChI=1S/3C6H8O6.Cr/c3*7-1-2(8)5-3(9)4(10)6(11)12-5;/h3*2,5,7-10H,1H2;/t3*2-,5+;/m000./s1. The molecule has 0 aromatic carbocycles. The first kappa shape index (κ1) is 33.7. The van der Waals surface area contributed by atoms with Gasteiger partial charge in [-0.05, 0) is 0 Å². The van der Waals surface area contributed by atoms with Gasteiger partial charge in [0.1, 0.15) is 18.3 Å². The topological polar surface area (TPSA) is 322 Å². The van der Waals surface area contributed by atoms with E-state index in [9.17, 15) is 14.4 Å². The SMILES string of the molecule is O=C1O[C@H]([C@@H](O)CO)C(O)=C1O.O=C1O[C@H]([C@@H](O)CO)C(O)=C1O.O=C1O[C@H]([C@@H](O)CO)C(O)=C1O.[Cr]. The molecule has 0 aliphatic carbocycles. The second-order valence-corrected chi connectivity index (χ2v) is 6.93. The van der Waals surface area contributed by atoms with Crippen molar-refractivity contribution in [1.82, 2.24) is 0 Å². The van der Waals surface area contributed by atoms with Crippen molar-refractivity contribution in [3.05, 3.63) is 34.6 Å². The fourth-order valence-electron chi connectivity index (χ4n) is 2.47. The van der Waals surface area contributed by atoms with Gasteiger partial charge in [-0.15, -0.1) is 0 Å². The van der Waals surface area contributed by atoms with Gasteiger partial charge in [-0.3, -0.25) is 0 Å². The number of ether oxygens (including phenoxy) is 3. The van der Waals surface area contributed by atoms with Crippen LogP contribution in [-0.2, 0) is 46.0 Å². The van der Waals surface area contributed by atoms with Crippen LogP contribution in [0.1, 0.15) is 0 Å². The van der Waals surface area contributed by atoms with Gasteiger partial charge in [-0.25, -0.2) is 14.4 Å². The molecule has 0 saturated heterocycles. The summed E-state index contributed by atoms with van der Waals surface area (Å²) in [5.74, 6) is -8.34. The first-order valence-electron chi connectivity index (χ1n) is 9.59. The van der Waals surface area contributed by atoms with Crippen LogP contribution in [0.5, 0.6) is 0 Å². The minimum absolute atomic E-state index is 0. The van der Waals surface area contributed by atoms with Crippen molar-refractivity contribution in [1.29, 1.82) is 0 Å². The average Bonchev–Trinajstić information content (AvgIpc) is 3.40. The number of aliphatic hydroxyl groups is 12. The minimum atomic E-state index is -1.42. The molecule has 0 radical (unpaired) electrons. The minimum Gasteiger partial charge on any atom is -0.505 e. The van der Waals surface area contributed by atoms with E-state index in [1.54, 1.807) is 0 Å². The summed E-state index contributed by atoms with van der Waals surface area (Å²) in [6.45, 7) is -2.01. The molecule has 6 atom stereocenters. The summed E-state index contributed by atoms with van der Waals surface area (Å²) in [5, 5.41) is 105. The number of esters is 3. The molecule has 12 N–H and O–H groups in total. The molecule has 0 saturated carbocycles. The van der Waals surface area contributed by atoms with Crippen LogP contribution in [-0.4, -0.2) is 136 Å². The van der Waals surface area contributed by atoms with Gasteiger partial charge in [0.2, 0.25) is 17.3 Å². The normalized spacial score (nSPS) is 25.1. The third-order valence-corrected chi connectivity index (χ3v) is 4.43. The zero-order valence-corrected chi connectivity index (χ0v) is 19.6. The zero-order valence-electron chi connectivity index (χ0n) is 18.3. The fourth-order valence-corrected chi connectivity index (χ4v) is 2.47. The van der Waals surface area contributed by atoms with Crippen molar-refractivity contribution in [3.8, 4) is 0 Å². The van der Waals surface area contributed by atoms with Gasteiger partial charge in [0.25, 0.3) is 0 Å². The molecular weight excluding hydrogens is 556 g/mol. The summed E-state index contributed by atoms with van der Waals surface area (Å²) >= 11 is 0. The van der Waals surface area contributed by atoms with E-state index < -0.39 is 109 Å². The maximum Gasteiger partial charge on any atom is 0.377 e. The van der Waals surface area contributed by atoms with Crippen LogP contribution in [0, 0.1) is 0 Å². The number of carbonyl (C=O) groups is 3. The fraction of sp³-hybridized carbons (Fsp3) is 0.500. The number of hydrogen-bond donors (Lipinski definition) is 12. The summed E-state index contributed by atoms with van der Waals surface area (Å²) < 4.78 is 12.9. The zero-order chi connectivity index (χ0) is 27.9. The number of cyclic esters (lactones) is 3. The van der Waals surface area contributed by atoms with Gasteiger partial charge >= 0.3 is 17.9 Å². The predicted molar refractivity (Wildman–Crippen MR) is 106 cm³/mol. The van der Waals surface area contributed by atoms with Crippen molar-refractivity contribution >= 4 is 17.9 Å². The van der Waals surface area contributed by atoms with Gasteiger partial charge in [-0.2, -0.15) is 0 Å². The molecule has 0 spiro atoms. The molecule has 37 heavy (non-hydrogen) atoms. The molecule has 18 nitrogen and oxygen atoms in total. The Morgan fingerprint density at radius 1 is 0.514 bits per heavy atom. The van der Waals surface area contributed by atoms with Crippen molar-refractivity contribution in [2.24, 2.45) is 0 Å². The average molecular weight is 580 g/mol. The molecule has 210 valence electrons. The van der Waals surface area contributed by atoms with E-state index in [1.807, 2.05) is 0 Å². The molecule has 3 rings (SSSR count). The molecule has 3 aliphatic rings. The van der Waals surface area contributed by atoms with Crippen LogP contribution in [0.3, 0.4) is 0 Å². The Balaban J connectivity index is 0.000000518. The maximum absolute atomic E-state index is 10.5. The summed E-state index contributed by atoms with van der Waals surface area (Å²) in [7, 11) is 0. The van der Waals surface area contributed by atoms with Crippen LogP contribution in [0.4, 0.5) is 0 Å². The Hall–Kier alpha value is -3.28. The number of aliphatic hydroxyl groups excluding tert-OH is 12. The number of hydrogen-bond acceptors (Lipinski definition) is 18. The van der Waals surface area contributed by atoms with E-state index in [0.717, 1.165) is 0 Å². The summed E-state index contributed by atoms with van der Waals surface area (Å²) in [5.41, 5.74) is 0. The third kappa shape index (κ3) is 7.85. The van der Waals surface area contributed by atoms with Crippen molar-refractivity contribution < 1.29 is 107 Å². The van der Waals surface area contributed by atoms with Gasteiger partial charge in [0, 0.05) is 17.4 Å². The maximum atomic E-state index is 10.5. The predicted octanol–water partition coefficient (Wildman–Crippen LogP) is -4.22. The number of carbonyl (C=O) groups excluding carboxylic acids is 3. The monoisotopic (exact) mass is 580 g/mol. The summed E-state index contributed by atoms with van der Waals surface area (Å²) in [6, 6.07) is 0. The van der Waals surface area contributed by atoms with E-state index in [2.05, 4.69) is 14.2 Å². The Bertz CT molecular complexity index is 822. The van der Waals surface area contributed by atoms with E-state index in [-0.39, 0.29) is 17.4 Å². The first-order chi connectivity index (χ1) is 16.7. The van der Waals surface area contributed by atoms with Gasteiger partial charge in [-0.1, -0.05) is 0 Å². The smallest absolute Gasteiger partial charge is 0.377 e. The molecule has 19 heteroatoms. The Morgan fingerprint density at radius 3 is 0.811 bits per heavy atom. The van der Waals surface area contributed by atoms with Crippen LogP contribution in [0.15, 0.2) is 34.6 Å². The molecule has 0 aromatic heterocycles. The molecule has 0 bridgehead atoms. The van der Waals surface area contributed by atoms with E-state index in [4.69, 9.17) is 61.3 Å². The van der Waals surface area contributed by atoms with Crippen molar-refractivity contribution in [3.63, 3.8) is 0 Å². The molecule has 0 unspecified atom stereocenters. The largest absolute Gasteiger partial charge is 0.505 e. The summed E-state index contributed by atoms with van der Waals surface area (Å²) in [6.07, 6.45) is -8.33. The van der Waals surface area contributed by atoms with E-state index in [0.29, 0.717) is 0 Å². The Kier molecular flexibility index (Phi) is 13.2. The molecule has 3 aliphatic heterocycles. The van der Waals surface area contributed by atoms with Crippen LogP contribution in [0.25, 0.3) is 0 Å². The second-order valence-electron chi connectivity index (χ2n) is 6.93. The molecule has 3 heterocycles. The van der Waals surface area contributed by atoms with E-state index >= 15 is 0 Å². The van der Waals surface area contributed by atoms with Gasteiger partial charge in [0.05, 0.1) is 19.8 Å². The third-order valence-electron chi connectivity index (χ3n) is 4.43. The first-order valence-corrected chi connectivity index (χ1v) is 9.59. The van der Waals surface area contributed by atoms with Crippen LogP contribution < -0.4 is 0 Å². The quantitative estimate of drug-likeness (QED) is 0.105. The summed E-state index contributed by atoms with van der Waals surface area (Å²) in [4.78, 5) is 31.6. The Morgan fingerprint density at radius 2 is 0.703 bits per heavy atom. The number of rotatable bonds is 6. The second kappa shape index (κ2) is 14.5. The Labute approximate surface area is 216 Å². The van der Waals surface area contributed by atoms with Crippen LogP contribution in [0.2, 0.25) is 0 Å². The molecule has 0 amide bonds. The van der Waals surface area contributed by atoms with Gasteiger partial charge < -0.3 is 75.5 Å². The molecule has 0 fully saturated rings. The van der Waals surface area contributed by atoms with Crippen molar-refractivity contribution in [2.75, 3.05) is 19.8 Å². The van der Waals surface area contributed by atoms with E-state index in [1.165, 1.54) is 0 Å². The molecule has 0 aromatic rings. The van der Waals surface area contributed by atoms with Crippen LogP contribution >= 0.6 is 0 Å². The van der Waals surface area contributed by atoms with Crippen molar-refractivity contribution in [2.45, 2.75) is 36.6 Å².